The molecule has 1 aromatic heterocycles. The third kappa shape index (κ3) is 7.40. The maximum absolute atomic E-state index is 14.5. The number of carbonyl (C=O) groups excluding carboxylic acids is 4. The van der Waals surface area contributed by atoms with Crippen molar-refractivity contribution in [2.45, 2.75) is 178 Å². The van der Waals surface area contributed by atoms with Crippen molar-refractivity contribution in [3.8, 4) is 0 Å². The van der Waals surface area contributed by atoms with E-state index in [-0.39, 0.29) is 87.2 Å². The molecule has 0 saturated heterocycles. The molecule has 0 unspecified atom stereocenters. The zero-order valence-corrected chi connectivity index (χ0v) is 40.8. The maximum Gasteiger partial charge on any atom is 0.309 e. The lowest BCUT2D eigenvalue weighted by Gasteiger charge is -2.72. The molecule has 5 fully saturated rings. The molecule has 2 aromatic rings. The predicted octanol–water partition coefficient (Wildman–Crippen LogP) is 11.6. The number of pyridine rings is 1. The summed E-state index contributed by atoms with van der Waals surface area (Å²) in [6.45, 7) is 27.0. The number of nitrogens with one attached hydrogen (secondary N) is 1. The zero-order chi connectivity index (χ0) is 45.7. The van der Waals surface area contributed by atoms with E-state index in [9.17, 15) is 19.2 Å². The standard InChI is InChI=1S/C56H78N2O5/c1-34(2)46-42(60)32-56(58-49(62)50(4,5)31-39(59)29-37-19-18-35(3)57-33-37)27-26-54(11)40(47(46)56)20-21-44-53(10)24-23-45(52(8,9)43(53)22-25-55(44,54)12)63-48(61)41-30-38(51(41,6)7)28-36-16-14-13-15-17-36/h13-19,33-34,38,40-41,43-45H,20-32H2,1-12H3,(H,58,62)/t38-,40-,41-,43+,44-,45+,53+,54-,55-,56-/m1/s1. The summed E-state index contributed by atoms with van der Waals surface area (Å²) in [6.07, 6.45) is 12.1. The first kappa shape index (κ1) is 45.9. The molecule has 63 heavy (non-hydrogen) atoms. The highest BCUT2D eigenvalue weighted by Crippen LogP contribution is 2.76. The Labute approximate surface area is 379 Å². The number of carbonyl (C=O) groups is 4. The number of aromatic nitrogens is 1. The summed E-state index contributed by atoms with van der Waals surface area (Å²) in [5.74, 6) is 1.65. The fraction of sp³-hybridized carbons (Fsp3) is 0.696. The molecule has 0 radical (unpaired) electrons. The molecule has 1 amide bonds. The van der Waals surface area contributed by atoms with Crippen LogP contribution in [0.4, 0.5) is 0 Å². The van der Waals surface area contributed by atoms with Crippen LogP contribution < -0.4 is 5.32 Å². The van der Waals surface area contributed by atoms with Gasteiger partial charge in [-0.2, -0.15) is 0 Å². The van der Waals surface area contributed by atoms with Gasteiger partial charge in [0.05, 0.1) is 16.9 Å². The molecule has 10 atom stereocenters. The van der Waals surface area contributed by atoms with Crippen LogP contribution in [0.1, 0.15) is 164 Å². The van der Waals surface area contributed by atoms with Crippen LogP contribution in [0.2, 0.25) is 0 Å². The van der Waals surface area contributed by atoms with E-state index in [1.165, 1.54) is 11.1 Å². The highest BCUT2D eigenvalue weighted by Gasteiger charge is 2.70. The number of hydrogen-bond donors (Lipinski definition) is 1. The molecule has 7 heteroatoms. The molecule has 1 aromatic carbocycles. The number of benzene rings is 1. The largest absolute Gasteiger partial charge is 0.462 e. The number of Topliss-reactive ketones (excluding diaryl/α,β-unsaturated/α-hetero) is 2. The molecule has 6 aliphatic carbocycles. The summed E-state index contributed by atoms with van der Waals surface area (Å²) in [4.78, 5) is 60.6. The first-order chi connectivity index (χ1) is 29.4. The summed E-state index contributed by atoms with van der Waals surface area (Å²) in [6, 6.07) is 14.5. The van der Waals surface area contributed by atoms with Gasteiger partial charge in [0, 0.05) is 36.6 Å². The van der Waals surface area contributed by atoms with E-state index in [1.54, 1.807) is 6.20 Å². The van der Waals surface area contributed by atoms with Crippen LogP contribution >= 0.6 is 0 Å². The second-order valence-electron chi connectivity index (χ2n) is 24.6. The molecule has 342 valence electrons. The van der Waals surface area contributed by atoms with Gasteiger partial charge in [-0.1, -0.05) is 113 Å². The monoisotopic (exact) mass is 859 g/mol. The molecule has 6 aliphatic rings. The fourth-order valence-electron chi connectivity index (χ4n) is 15.7. The minimum absolute atomic E-state index is 0.00700. The van der Waals surface area contributed by atoms with Gasteiger partial charge in [-0.25, -0.2) is 0 Å². The van der Waals surface area contributed by atoms with Gasteiger partial charge in [-0.3, -0.25) is 24.2 Å². The van der Waals surface area contributed by atoms with Gasteiger partial charge in [0.15, 0.2) is 5.78 Å². The lowest BCUT2D eigenvalue weighted by molar-refractivity contribution is -0.235. The number of rotatable bonds is 11. The quantitative estimate of drug-likeness (QED) is 0.226. The van der Waals surface area contributed by atoms with Crippen molar-refractivity contribution in [2.75, 3.05) is 0 Å². The van der Waals surface area contributed by atoms with Crippen LogP contribution in [0.15, 0.2) is 59.8 Å². The van der Waals surface area contributed by atoms with Crippen molar-refractivity contribution in [3.63, 3.8) is 0 Å². The number of aryl methyl sites for hydroxylation is 1. The third-order valence-corrected chi connectivity index (χ3v) is 19.7. The lowest BCUT2D eigenvalue weighted by atomic mass is 9.33. The Hall–Kier alpha value is -3.61. The lowest BCUT2D eigenvalue weighted by Crippen LogP contribution is -2.67. The topological polar surface area (TPSA) is 102 Å². The van der Waals surface area contributed by atoms with Crippen molar-refractivity contribution in [3.05, 3.63) is 76.6 Å². The molecule has 5 saturated carbocycles. The summed E-state index contributed by atoms with van der Waals surface area (Å²) in [7, 11) is 0. The van der Waals surface area contributed by atoms with Gasteiger partial charge >= 0.3 is 5.97 Å². The summed E-state index contributed by atoms with van der Waals surface area (Å²) in [5.41, 5.74) is 3.44. The molecule has 7 nitrogen and oxygen atoms in total. The van der Waals surface area contributed by atoms with Crippen LogP contribution in [0.5, 0.6) is 0 Å². The highest BCUT2D eigenvalue weighted by molar-refractivity contribution is 6.02. The molecule has 1 heterocycles. The summed E-state index contributed by atoms with van der Waals surface area (Å²) < 4.78 is 6.68. The Bertz CT molecular complexity index is 2170. The smallest absolute Gasteiger partial charge is 0.309 e. The normalized spacial score (nSPS) is 36.6. The van der Waals surface area contributed by atoms with Gasteiger partial charge in [0.1, 0.15) is 11.9 Å². The van der Waals surface area contributed by atoms with E-state index in [0.29, 0.717) is 24.2 Å². The Morgan fingerprint density at radius 3 is 2.19 bits per heavy atom. The first-order valence-electron chi connectivity index (χ1n) is 24.7. The van der Waals surface area contributed by atoms with E-state index < -0.39 is 11.0 Å². The molecule has 0 bridgehead atoms. The van der Waals surface area contributed by atoms with E-state index in [4.69, 9.17) is 4.74 Å². The van der Waals surface area contributed by atoms with Crippen molar-refractivity contribution in [1.29, 1.82) is 0 Å². The predicted molar refractivity (Wildman–Crippen MR) is 249 cm³/mol. The van der Waals surface area contributed by atoms with Crippen LogP contribution in [0, 0.1) is 74.9 Å². The van der Waals surface area contributed by atoms with E-state index in [0.717, 1.165) is 81.0 Å². The Morgan fingerprint density at radius 2 is 1.54 bits per heavy atom. The fourth-order valence-corrected chi connectivity index (χ4v) is 15.7. The summed E-state index contributed by atoms with van der Waals surface area (Å²) >= 11 is 0. The SMILES string of the molecule is Cc1ccc(CC(=O)CC(C)(C)C(=O)N[C@@]23CC[C@]4(C)[C@H](CC[C@@H]5[C@@]6(C)CC[C@H](OC(=O)[C@H]7C[C@@H](Cc8ccccc8)C7(C)C)C(C)(C)[C@@H]6CC[C@]54C)C2=C(C(C)C)C(=O)C3)cn1. The number of allylic oxidation sites excluding steroid dienone is 1. The van der Waals surface area contributed by atoms with E-state index in [1.807, 2.05) is 32.9 Å². The minimum atomic E-state index is -0.936. The van der Waals surface area contributed by atoms with Crippen LogP contribution in [-0.2, 0) is 36.8 Å². The van der Waals surface area contributed by atoms with Gasteiger partial charge in [0.25, 0.3) is 0 Å². The third-order valence-electron chi connectivity index (χ3n) is 19.7. The minimum Gasteiger partial charge on any atom is -0.462 e. The number of ketones is 2. The Balaban J connectivity index is 0.992. The second-order valence-corrected chi connectivity index (χ2v) is 24.6. The molecular weight excluding hydrogens is 781 g/mol. The average molecular weight is 859 g/mol. The number of fused-ring (bicyclic) bond motifs is 7. The van der Waals surface area contributed by atoms with E-state index in [2.05, 4.69) is 103 Å². The Morgan fingerprint density at radius 1 is 0.825 bits per heavy atom. The van der Waals surface area contributed by atoms with Crippen molar-refractivity contribution in [1.82, 2.24) is 10.3 Å². The molecule has 0 aliphatic heterocycles. The summed E-state index contributed by atoms with van der Waals surface area (Å²) in [5, 5.41) is 3.56. The molecule has 0 spiro atoms. The molecular formula is C56H78N2O5. The zero-order valence-electron chi connectivity index (χ0n) is 40.8. The Kier molecular flexibility index (Phi) is 11.5. The van der Waals surface area contributed by atoms with Gasteiger partial charge in [0.2, 0.25) is 5.91 Å². The van der Waals surface area contributed by atoms with Crippen LogP contribution in [0.3, 0.4) is 0 Å². The average Bonchev–Trinajstić information content (AvgIpc) is 3.50. The van der Waals surface area contributed by atoms with Crippen LogP contribution in [0.25, 0.3) is 0 Å². The second kappa shape index (κ2) is 15.8. The van der Waals surface area contributed by atoms with Crippen molar-refractivity contribution >= 4 is 23.4 Å². The maximum atomic E-state index is 14.5. The van der Waals surface area contributed by atoms with Crippen molar-refractivity contribution in [2.24, 2.45) is 68.0 Å². The molecule has 8 rings (SSSR count). The molecule has 1 N–H and O–H groups in total. The van der Waals surface area contributed by atoms with Crippen LogP contribution in [-0.4, -0.2) is 40.1 Å². The number of esters is 1. The van der Waals surface area contributed by atoms with Gasteiger partial charge in [-0.05, 0) is 151 Å². The number of hydrogen-bond acceptors (Lipinski definition) is 6. The number of amides is 1. The highest BCUT2D eigenvalue weighted by atomic mass is 16.5. The first-order valence-corrected chi connectivity index (χ1v) is 24.7. The van der Waals surface area contributed by atoms with E-state index >= 15 is 0 Å². The van der Waals surface area contributed by atoms with Gasteiger partial charge < -0.3 is 10.1 Å². The number of nitrogens with zero attached hydrogens (tertiary/aromatic N) is 1. The number of ether oxygens (including phenoxy) is 1. The van der Waals surface area contributed by atoms with Crippen molar-refractivity contribution < 1.29 is 23.9 Å². The van der Waals surface area contributed by atoms with Gasteiger partial charge in [-0.15, -0.1) is 0 Å².